The van der Waals surface area contributed by atoms with Crippen molar-refractivity contribution in [2.45, 2.75) is 32.2 Å². The summed E-state index contributed by atoms with van der Waals surface area (Å²) in [6, 6.07) is -0.216. The lowest BCUT2D eigenvalue weighted by Gasteiger charge is -1.98. The third-order valence-electron chi connectivity index (χ3n) is 1.58. The second-order valence-corrected chi connectivity index (χ2v) is 2.69. The molecule has 0 saturated carbocycles. The number of rotatable bonds is 7. The maximum absolute atomic E-state index is 6.73. The van der Waals surface area contributed by atoms with Crippen LogP contribution in [0.25, 0.3) is 0 Å². The molecule has 12 heavy (non-hydrogen) atoms. The highest BCUT2D eigenvalue weighted by molar-refractivity contribution is 5.64. The molecule has 0 aromatic rings. The molecule has 70 valence electrons. The monoisotopic (exact) mass is 170 g/mol. The van der Waals surface area contributed by atoms with Crippen molar-refractivity contribution in [3.05, 3.63) is 0 Å². The van der Waals surface area contributed by atoms with E-state index in [-0.39, 0.29) is 6.04 Å². The summed E-state index contributed by atoms with van der Waals surface area (Å²) in [6.45, 7) is 3.37. The topological polar surface area (TPSA) is 74.6 Å². The number of aliphatic imine (C=N–C) groups is 1. The lowest BCUT2D eigenvalue weighted by molar-refractivity contribution is 0.723. The lowest BCUT2D eigenvalue weighted by atomic mass is 10.2. The molecule has 1 atom stereocenters. The van der Waals surface area contributed by atoms with Crippen LogP contribution < -0.4 is 5.73 Å². The van der Waals surface area contributed by atoms with Crippen LogP contribution in [-0.2, 0) is 0 Å². The zero-order valence-corrected chi connectivity index (χ0v) is 7.66. The summed E-state index contributed by atoms with van der Waals surface area (Å²) >= 11 is 0. The summed E-state index contributed by atoms with van der Waals surface area (Å²) in [5.74, 6) is 0. The number of hydrogen-bond acceptors (Lipinski definition) is 4. The molecule has 0 aliphatic rings. The summed E-state index contributed by atoms with van der Waals surface area (Å²) in [4.78, 5) is 4.13. The molecule has 0 fully saturated rings. The second kappa shape index (κ2) is 8.33. The van der Waals surface area contributed by atoms with Gasteiger partial charge in [-0.2, -0.15) is 5.11 Å². The van der Waals surface area contributed by atoms with Gasteiger partial charge < -0.3 is 5.73 Å². The molecular formula is C8H18N4. The van der Waals surface area contributed by atoms with Gasteiger partial charge in [0.05, 0.1) is 0 Å². The van der Waals surface area contributed by atoms with Gasteiger partial charge in [-0.1, -0.05) is 19.8 Å². The van der Waals surface area contributed by atoms with Gasteiger partial charge in [-0.15, -0.1) is 0 Å². The van der Waals surface area contributed by atoms with E-state index in [4.69, 9.17) is 11.3 Å². The van der Waals surface area contributed by atoms with Crippen LogP contribution >= 0.6 is 0 Å². The van der Waals surface area contributed by atoms with Crippen molar-refractivity contribution in [2.24, 2.45) is 15.8 Å². The van der Waals surface area contributed by atoms with Crippen molar-refractivity contribution in [3.8, 4) is 0 Å². The third-order valence-corrected chi connectivity index (χ3v) is 1.58. The fourth-order valence-corrected chi connectivity index (χ4v) is 0.796. The normalized spacial score (nSPS) is 13.5. The Kier molecular flexibility index (Phi) is 7.79. The first-order chi connectivity index (χ1) is 5.85. The zero-order valence-electron chi connectivity index (χ0n) is 7.66. The highest BCUT2D eigenvalue weighted by Gasteiger charge is 1.96. The van der Waals surface area contributed by atoms with Crippen molar-refractivity contribution in [2.75, 3.05) is 13.1 Å². The molecule has 0 aliphatic heterocycles. The molecule has 4 heteroatoms. The van der Waals surface area contributed by atoms with Gasteiger partial charge in [0.1, 0.15) is 6.04 Å². The Morgan fingerprint density at radius 2 is 2.25 bits per heavy atom. The van der Waals surface area contributed by atoms with E-state index in [0.29, 0.717) is 6.54 Å². The van der Waals surface area contributed by atoms with Crippen molar-refractivity contribution in [3.63, 3.8) is 0 Å². The SMILES string of the molecule is CCCCCN=CC(CN)N=N. The molecule has 0 aromatic carbocycles. The minimum Gasteiger partial charge on any atom is -0.328 e. The van der Waals surface area contributed by atoms with Crippen LogP contribution in [0.4, 0.5) is 0 Å². The Morgan fingerprint density at radius 1 is 1.50 bits per heavy atom. The molecule has 0 radical (unpaired) electrons. The number of nitrogens with one attached hydrogen (secondary N) is 1. The molecule has 0 rings (SSSR count). The van der Waals surface area contributed by atoms with Gasteiger partial charge in [0, 0.05) is 19.3 Å². The molecule has 4 nitrogen and oxygen atoms in total. The molecule has 0 heterocycles. The summed E-state index contributed by atoms with van der Waals surface area (Å²) in [6.07, 6.45) is 5.20. The maximum atomic E-state index is 6.73. The highest BCUT2D eigenvalue weighted by atomic mass is 15.0. The van der Waals surface area contributed by atoms with E-state index in [9.17, 15) is 0 Å². The molecule has 0 saturated heterocycles. The Balaban J connectivity index is 3.39. The van der Waals surface area contributed by atoms with Crippen LogP contribution in [0.1, 0.15) is 26.2 Å². The molecule has 0 aliphatic carbocycles. The van der Waals surface area contributed by atoms with E-state index in [1.165, 1.54) is 12.8 Å². The van der Waals surface area contributed by atoms with E-state index in [0.717, 1.165) is 13.0 Å². The first-order valence-corrected chi connectivity index (χ1v) is 4.41. The molecule has 0 spiro atoms. The second-order valence-electron chi connectivity index (χ2n) is 2.69. The molecule has 1 unspecified atom stereocenters. The van der Waals surface area contributed by atoms with Gasteiger partial charge in [0.15, 0.2) is 0 Å². The van der Waals surface area contributed by atoms with Gasteiger partial charge in [0.2, 0.25) is 0 Å². The fraction of sp³-hybridized carbons (Fsp3) is 0.875. The Bertz CT molecular complexity index is 133. The lowest BCUT2D eigenvalue weighted by Crippen LogP contribution is -2.18. The van der Waals surface area contributed by atoms with Crippen LogP contribution in [0.5, 0.6) is 0 Å². The smallest absolute Gasteiger partial charge is 0.117 e. The first kappa shape index (κ1) is 11.2. The Labute approximate surface area is 73.8 Å². The molecule has 0 bridgehead atoms. The summed E-state index contributed by atoms with van der Waals surface area (Å²) in [7, 11) is 0. The maximum Gasteiger partial charge on any atom is 0.117 e. The van der Waals surface area contributed by atoms with E-state index in [2.05, 4.69) is 17.0 Å². The minimum absolute atomic E-state index is 0.216. The standard InChI is InChI=1S/C8H18N4/c1-2-3-4-5-11-7-8(6-9)12-10/h7-8,10H,2-6,9H2,1H3. The van der Waals surface area contributed by atoms with E-state index in [1.807, 2.05) is 0 Å². The van der Waals surface area contributed by atoms with E-state index in [1.54, 1.807) is 6.21 Å². The summed E-state index contributed by atoms with van der Waals surface area (Å²) in [5, 5.41) is 3.30. The van der Waals surface area contributed by atoms with E-state index < -0.39 is 0 Å². The predicted molar refractivity (Wildman–Crippen MR) is 50.9 cm³/mol. The quantitative estimate of drug-likeness (QED) is 0.340. The molecule has 3 N–H and O–H groups in total. The molecular weight excluding hydrogens is 152 g/mol. The van der Waals surface area contributed by atoms with Crippen LogP contribution in [0, 0.1) is 5.53 Å². The fourth-order valence-electron chi connectivity index (χ4n) is 0.796. The average molecular weight is 170 g/mol. The number of hydrogen-bond donors (Lipinski definition) is 2. The largest absolute Gasteiger partial charge is 0.328 e. The number of nitrogens with two attached hydrogens (primary N) is 1. The van der Waals surface area contributed by atoms with Crippen LogP contribution in [0.2, 0.25) is 0 Å². The van der Waals surface area contributed by atoms with Crippen molar-refractivity contribution in [1.29, 1.82) is 5.53 Å². The Hall–Kier alpha value is -0.770. The molecule has 0 aromatic heterocycles. The van der Waals surface area contributed by atoms with Gasteiger partial charge in [-0.3, -0.25) is 4.99 Å². The average Bonchev–Trinajstić information content (AvgIpc) is 2.11. The number of nitrogens with zero attached hydrogens (tertiary/aromatic N) is 2. The first-order valence-electron chi connectivity index (χ1n) is 4.41. The van der Waals surface area contributed by atoms with Gasteiger partial charge in [-0.25, -0.2) is 5.53 Å². The highest BCUT2D eigenvalue weighted by Crippen LogP contribution is 1.93. The van der Waals surface area contributed by atoms with Gasteiger partial charge in [-0.05, 0) is 6.42 Å². The Morgan fingerprint density at radius 3 is 2.75 bits per heavy atom. The minimum atomic E-state index is -0.216. The third kappa shape index (κ3) is 5.97. The van der Waals surface area contributed by atoms with Gasteiger partial charge in [0.25, 0.3) is 0 Å². The number of unbranched alkanes of at least 4 members (excludes halogenated alkanes) is 2. The van der Waals surface area contributed by atoms with Crippen LogP contribution in [-0.4, -0.2) is 25.3 Å². The predicted octanol–water partition coefficient (Wildman–Crippen LogP) is 1.61. The van der Waals surface area contributed by atoms with Crippen molar-refractivity contribution in [1.82, 2.24) is 0 Å². The summed E-state index contributed by atoms with van der Waals surface area (Å²) in [5.41, 5.74) is 12.0. The van der Waals surface area contributed by atoms with Crippen LogP contribution in [0.3, 0.4) is 0 Å². The van der Waals surface area contributed by atoms with Crippen molar-refractivity contribution >= 4 is 6.21 Å². The van der Waals surface area contributed by atoms with E-state index >= 15 is 0 Å². The van der Waals surface area contributed by atoms with Crippen molar-refractivity contribution < 1.29 is 0 Å². The van der Waals surface area contributed by atoms with Gasteiger partial charge >= 0.3 is 0 Å². The van der Waals surface area contributed by atoms with Crippen LogP contribution in [0.15, 0.2) is 10.1 Å². The zero-order chi connectivity index (χ0) is 9.23. The molecule has 0 amide bonds. The summed E-state index contributed by atoms with van der Waals surface area (Å²) < 4.78 is 0.